The number of hydrogen-bond donors (Lipinski definition) is 2. The maximum absolute atomic E-state index is 12.6. The van der Waals surface area contributed by atoms with Crippen molar-refractivity contribution >= 4 is 11.6 Å². The van der Waals surface area contributed by atoms with Crippen LogP contribution in [-0.2, 0) is 9.53 Å². The van der Waals surface area contributed by atoms with Crippen molar-refractivity contribution < 1.29 is 13.9 Å². The molecule has 1 rings (SSSR count). The number of rotatable bonds is 6. The first-order chi connectivity index (χ1) is 8.11. The molecule has 17 heavy (non-hydrogen) atoms. The second-order valence-corrected chi connectivity index (χ2v) is 3.78. The molecule has 0 fully saturated rings. The van der Waals surface area contributed by atoms with Crippen molar-refractivity contribution in [2.24, 2.45) is 0 Å². The topological polar surface area (TPSA) is 50.4 Å². The van der Waals surface area contributed by atoms with E-state index in [1.165, 1.54) is 12.1 Å². The van der Waals surface area contributed by atoms with Crippen LogP contribution in [0.1, 0.15) is 6.92 Å². The number of hydrogen-bond acceptors (Lipinski definition) is 3. The number of amides is 1. The van der Waals surface area contributed by atoms with Crippen LogP contribution in [0, 0.1) is 5.82 Å². The van der Waals surface area contributed by atoms with E-state index in [0.717, 1.165) is 0 Å². The Kier molecular flexibility index (Phi) is 5.42. The fraction of sp³-hybridized carbons (Fsp3) is 0.417. The van der Waals surface area contributed by atoms with E-state index in [4.69, 9.17) is 4.74 Å². The lowest BCUT2D eigenvalue weighted by Gasteiger charge is -2.13. The average Bonchev–Trinajstić information content (AvgIpc) is 2.28. The van der Waals surface area contributed by atoms with Crippen LogP contribution in [0.15, 0.2) is 24.3 Å². The van der Waals surface area contributed by atoms with Gasteiger partial charge >= 0.3 is 0 Å². The number of ether oxygens (including phenoxy) is 1. The summed E-state index contributed by atoms with van der Waals surface area (Å²) in [4.78, 5) is 11.5. The minimum Gasteiger partial charge on any atom is -0.383 e. The van der Waals surface area contributed by atoms with Gasteiger partial charge in [0.05, 0.1) is 13.2 Å². The summed E-state index contributed by atoms with van der Waals surface area (Å²) in [7, 11) is 1.58. The maximum Gasteiger partial charge on any atom is 0.239 e. The highest BCUT2D eigenvalue weighted by Gasteiger charge is 2.06. The Bertz CT molecular complexity index is 354. The lowest BCUT2D eigenvalue weighted by atomic mass is 10.3. The van der Waals surface area contributed by atoms with Crippen molar-refractivity contribution in [1.29, 1.82) is 0 Å². The van der Waals surface area contributed by atoms with Gasteiger partial charge in [0.25, 0.3) is 0 Å². The molecular weight excluding hydrogens is 223 g/mol. The summed E-state index contributed by atoms with van der Waals surface area (Å²) in [5, 5.41) is 5.66. The van der Waals surface area contributed by atoms with Crippen LogP contribution in [0.3, 0.4) is 0 Å². The van der Waals surface area contributed by atoms with Gasteiger partial charge in [0.15, 0.2) is 0 Å². The van der Waals surface area contributed by atoms with E-state index in [9.17, 15) is 9.18 Å². The molecular formula is C12H17FN2O2. The van der Waals surface area contributed by atoms with E-state index < -0.39 is 0 Å². The largest absolute Gasteiger partial charge is 0.383 e. The Balaban J connectivity index is 2.30. The van der Waals surface area contributed by atoms with Crippen LogP contribution >= 0.6 is 0 Å². The zero-order valence-electron chi connectivity index (χ0n) is 10.00. The highest BCUT2D eigenvalue weighted by atomic mass is 19.1. The van der Waals surface area contributed by atoms with Gasteiger partial charge in [-0.25, -0.2) is 4.39 Å². The zero-order valence-corrected chi connectivity index (χ0v) is 10.00. The molecule has 0 heterocycles. The minimum atomic E-state index is -0.297. The van der Waals surface area contributed by atoms with E-state index in [1.807, 2.05) is 6.92 Å². The van der Waals surface area contributed by atoms with Gasteiger partial charge in [-0.1, -0.05) is 0 Å². The summed E-state index contributed by atoms with van der Waals surface area (Å²) in [5.41, 5.74) is 0.709. The van der Waals surface area contributed by atoms with Crippen molar-refractivity contribution in [2.45, 2.75) is 13.0 Å². The second-order valence-electron chi connectivity index (χ2n) is 3.78. The molecule has 0 aliphatic heterocycles. The van der Waals surface area contributed by atoms with Gasteiger partial charge in [-0.05, 0) is 31.2 Å². The van der Waals surface area contributed by atoms with E-state index in [0.29, 0.717) is 12.3 Å². The normalized spacial score (nSPS) is 11.9. The third-order valence-corrected chi connectivity index (χ3v) is 2.12. The van der Waals surface area contributed by atoms with Crippen LogP contribution in [0.2, 0.25) is 0 Å². The molecule has 1 aromatic rings. The number of carbonyl (C=O) groups is 1. The molecule has 0 aliphatic carbocycles. The lowest BCUT2D eigenvalue weighted by molar-refractivity contribution is -0.120. The monoisotopic (exact) mass is 240 g/mol. The molecule has 0 aromatic heterocycles. The third kappa shape index (κ3) is 5.31. The molecule has 0 bridgehead atoms. The summed E-state index contributed by atoms with van der Waals surface area (Å²) in [6.45, 7) is 2.49. The number of benzene rings is 1. The lowest BCUT2D eigenvalue weighted by Crippen LogP contribution is -2.39. The fourth-order valence-corrected chi connectivity index (χ4v) is 1.37. The van der Waals surface area contributed by atoms with Crippen LogP contribution < -0.4 is 10.6 Å². The average molecular weight is 240 g/mol. The van der Waals surface area contributed by atoms with Gasteiger partial charge in [0, 0.05) is 18.8 Å². The minimum absolute atomic E-state index is 0.0254. The Labute approximate surface area is 100 Å². The Morgan fingerprint density at radius 1 is 1.41 bits per heavy atom. The number of nitrogens with one attached hydrogen (secondary N) is 2. The van der Waals surface area contributed by atoms with Gasteiger partial charge in [-0.2, -0.15) is 0 Å². The molecule has 0 saturated carbocycles. The van der Waals surface area contributed by atoms with Crippen molar-refractivity contribution in [3.8, 4) is 0 Å². The molecule has 1 unspecified atom stereocenters. The smallest absolute Gasteiger partial charge is 0.239 e. The fourth-order valence-electron chi connectivity index (χ4n) is 1.37. The van der Waals surface area contributed by atoms with Crippen LogP contribution in [0.5, 0.6) is 0 Å². The first-order valence-corrected chi connectivity index (χ1v) is 5.39. The van der Waals surface area contributed by atoms with Crippen molar-refractivity contribution in [1.82, 2.24) is 5.32 Å². The van der Waals surface area contributed by atoms with Gasteiger partial charge in [0.2, 0.25) is 5.91 Å². The van der Waals surface area contributed by atoms with Crippen LogP contribution in [0.25, 0.3) is 0 Å². The van der Waals surface area contributed by atoms with Gasteiger partial charge in [0.1, 0.15) is 5.82 Å². The highest BCUT2D eigenvalue weighted by Crippen LogP contribution is 2.07. The molecule has 0 saturated heterocycles. The number of methoxy groups -OCH3 is 1. The quantitative estimate of drug-likeness (QED) is 0.790. The number of carbonyl (C=O) groups excluding carboxylic acids is 1. The maximum atomic E-state index is 12.6. The van der Waals surface area contributed by atoms with E-state index in [-0.39, 0.29) is 24.3 Å². The first-order valence-electron chi connectivity index (χ1n) is 5.39. The standard InChI is InChI=1S/C12H17FN2O2/c1-9(8-17-2)15-12(16)7-14-11-5-3-10(13)4-6-11/h3-6,9,14H,7-8H2,1-2H3,(H,15,16). The SMILES string of the molecule is COCC(C)NC(=O)CNc1ccc(F)cc1. The molecule has 0 radical (unpaired) electrons. The van der Waals surface area contributed by atoms with Gasteiger partial charge in [-0.15, -0.1) is 0 Å². The summed E-state index contributed by atoms with van der Waals surface area (Å²) in [5.74, 6) is -0.424. The third-order valence-electron chi connectivity index (χ3n) is 2.12. The van der Waals surface area contributed by atoms with Gasteiger partial charge < -0.3 is 15.4 Å². The Morgan fingerprint density at radius 3 is 2.65 bits per heavy atom. The van der Waals surface area contributed by atoms with Crippen molar-refractivity contribution in [3.05, 3.63) is 30.1 Å². The highest BCUT2D eigenvalue weighted by molar-refractivity contribution is 5.80. The summed E-state index contributed by atoms with van der Waals surface area (Å²) < 4.78 is 17.5. The van der Waals surface area contributed by atoms with Crippen LogP contribution in [0.4, 0.5) is 10.1 Å². The molecule has 1 aromatic carbocycles. The molecule has 94 valence electrons. The second kappa shape index (κ2) is 6.85. The van der Waals surface area contributed by atoms with Crippen molar-refractivity contribution in [2.75, 3.05) is 25.6 Å². The first kappa shape index (κ1) is 13.4. The predicted octanol–water partition coefficient (Wildman–Crippen LogP) is 1.39. The van der Waals surface area contributed by atoms with Crippen LogP contribution in [-0.4, -0.2) is 32.2 Å². The summed E-state index contributed by atoms with van der Waals surface area (Å²) in [6, 6.07) is 5.83. The molecule has 1 amide bonds. The number of anilines is 1. The molecule has 4 nitrogen and oxygen atoms in total. The molecule has 0 aliphatic rings. The van der Waals surface area contributed by atoms with E-state index in [2.05, 4.69) is 10.6 Å². The molecule has 2 N–H and O–H groups in total. The number of halogens is 1. The molecule has 1 atom stereocenters. The van der Waals surface area contributed by atoms with Crippen molar-refractivity contribution in [3.63, 3.8) is 0 Å². The molecule has 5 heteroatoms. The van der Waals surface area contributed by atoms with E-state index in [1.54, 1.807) is 19.2 Å². The van der Waals surface area contributed by atoms with E-state index >= 15 is 0 Å². The summed E-state index contributed by atoms with van der Waals surface area (Å²) >= 11 is 0. The van der Waals surface area contributed by atoms with Gasteiger partial charge in [-0.3, -0.25) is 4.79 Å². The zero-order chi connectivity index (χ0) is 12.7. The predicted molar refractivity (Wildman–Crippen MR) is 64.4 cm³/mol. The Morgan fingerprint density at radius 2 is 2.06 bits per heavy atom. The molecule has 0 spiro atoms. The summed E-state index contributed by atoms with van der Waals surface area (Å²) in [6.07, 6.45) is 0. The Hall–Kier alpha value is -1.62.